The summed E-state index contributed by atoms with van der Waals surface area (Å²) in [7, 11) is 0. The average molecular weight is 494 g/mol. The van der Waals surface area contributed by atoms with Gasteiger partial charge in [-0.05, 0) is 74.7 Å². The summed E-state index contributed by atoms with van der Waals surface area (Å²) in [6.45, 7) is 1.33. The lowest BCUT2D eigenvalue weighted by Crippen LogP contribution is -2.21. The number of amides is 1. The van der Waals surface area contributed by atoms with Crippen LogP contribution in [0.2, 0.25) is 0 Å². The lowest BCUT2D eigenvalue weighted by Gasteiger charge is -2.11. The van der Waals surface area contributed by atoms with Gasteiger partial charge in [-0.15, -0.1) is 0 Å². The Labute approximate surface area is 172 Å². The van der Waals surface area contributed by atoms with Crippen LogP contribution in [-0.2, 0) is 9.59 Å². The summed E-state index contributed by atoms with van der Waals surface area (Å²) in [6, 6.07) is 12.7. The summed E-state index contributed by atoms with van der Waals surface area (Å²) < 4.78 is 6.41. The second-order valence-electron chi connectivity index (χ2n) is 5.69. The predicted molar refractivity (Wildman–Crippen MR) is 110 cm³/mol. The third-order valence-electron chi connectivity index (χ3n) is 3.73. The number of hydrazone groups is 1. The molecule has 0 aliphatic carbocycles. The molecule has 0 bridgehead atoms. The molecule has 0 spiro atoms. The van der Waals surface area contributed by atoms with Crippen LogP contribution in [0.3, 0.4) is 0 Å². The molecule has 3 rings (SSSR count). The van der Waals surface area contributed by atoms with Gasteiger partial charge in [0.2, 0.25) is 0 Å². The Morgan fingerprint density at radius 3 is 2.44 bits per heavy atom. The number of rotatable bonds is 5. The van der Waals surface area contributed by atoms with Crippen molar-refractivity contribution in [3.8, 4) is 5.75 Å². The standard InChI is InChI=1S/C19H14Br2N2O4/c1-11-14(19(26)23(22-11)13-5-3-2-4-6-13)7-12-8-15(20)18(16(21)9-12)27-10-17(24)25/h2-9H,10H2,1H3,(H,24,25)/b14-7+. The Morgan fingerprint density at radius 1 is 1.22 bits per heavy atom. The largest absolute Gasteiger partial charge is 0.480 e. The maximum absolute atomic E-state index is 12.8. The number of aliphatic carboxylic acids is 1. The summed E-state index contributed by atoms with van der Waals surface area (Å²) in [6.07, 6.45) is 1.74. The highest BCUT2D eigenvalue weighted by Gasteiger charge is 2.28. The van der Waals surface area contributed by atoms with Gasteiger partial charge in [0.15, 0.2) is 6.61 Å². The molecule has 1 N–H and O–H groups in total. The van der Waals surface area contributed by atoms with E-state index in [1.54, 1.807) is 25.1 Å². The first-order valence-corrected chi connectivity index (χ1v) is 9.46. The van der Waals surface area contributed by atoms with Gasteiger partial charge < -0.3 is 9.84 Å². The van der Waals surface area contributed by atoms with Gasteiger partial charge in [-0.1, -0.05) is 18.2 Å². The summed E-state index contributed by atoms with van der Waals surface area (Å²) in [4.78, 5) is 23.5. The third kappa shape index (κ3) is 4.28. The van der Waals surface area contributed by atoms with Gasteiger partial charge in [0.1, 0.15) is 5.75 Å². The van der Waals surface area contributed by atoms with E-state index in [2.05, 4.69) is 37.0 Å². The van der Waals surface area contributed by atoms with E-state index in [0.29, 0.717) is 31.7 Å². The molecule has 2 aromatic rings. The summed E-state index contributed by atoms with van der Waals surface area (Å²) in [5, 5.41) is 14.5. The molecule has 1 heterocycles. The van der Waals surface area contributed by atoms with E-state index in [4.69, 9.17) is 9.84 Å². The quantitative estimate of drug-likeness (QED) is 0.622. The maximum Gasteiger partial charge on any atom is 0.341 e. The first-order valence-electron chi connectivity index (χ1n) is 7.87. The van der Waals surface area contributed by atoms with Gasteiger partial charge in [-0.25, -0.2) is 4.79 Å². The third-order valence-corrected chi connectivity index (χ3v) is 4.91. The van der Waals surface area contributed by atoms with E-state index in [1.165, 1.54) is 5.01 Å². The predicted octanol–water partition coefficient (Wildman–Crippen LogP) is 4.48. The van der Waals surface area contributed by atoms with Crippen LogP contribution in [0.1, 0.15) is 12.5 Å². The van der Waals surface area contributed by atoms with Gasteiger partial charge in [0.25, 0.3) is 5.91 Å². The summed E-state index contributed by atoms with van der Waals surface area (Å²) >= 11 is 6.75. The van der Waals surface area contributed by atoms with Gasteiger partial charge in [0, 0.05) is 0 Å². The van der Waals surface area contributed by atoms with E-state index in [9.17, 15) is 9.59 Å². The van der Waals surface area contributed by atoms with E-state index in [0.717, 1.165) is 5.56 Å². The van der Waals surface area contributed by atoms with Crippen LogP contribution in [0.25, 0.3) is 6.08 Å². The minimum Gasteiger partial charge on any atom is -0.480 e. The van der Waals surface area contributed by atoms with Gasteiger partial charge >= 0.3 is 5.97 Å². The molecule has 0 unspecified atom stereocenters. The van der Waals surface area contributed by atoms with Crippen LogP contribution in [0.5, 0.6) is 5.75 Å². The number of carbonyl (C=O) groups is 2. The lowest BCUT2D eigenvalue weighted by atomic mass is 10.1. The summed E-state index contributed by atoms with van der Waals surface area (Å²) in [5.74, 6) is -0.893. The van der Waals surface area contributed by atoms with E-state index >= 15 is 0 Å². The smallest absolute Gasteiger partial charge is 0.341 e. The molecule has 0 saturated carbocycles. The number of para-hydroxylation sites is 1. The molecule has 138 valence electrons. The first kappa shape index (κ1) is 19.3. The number of hydrogen-bond acceptors (Lipinski definition) is 4. The number of carbonyl (C=O) groups excluding carboxylic acids is 1. The number of ether oxygens (including phenoxy) is 1. The fraction of sp³-hybridized carbons (Fsp3) is 0.105. The molecule has 1 aliphatic rings. The van der Waals surface area contributed by atoms with E-state index in [-0.39, 0.29) is 5.91 Å². The van der Waals surface area contributed by atoms with Gasteiger partial charge in [0.05, 0.1) is 25.9 Å². The van der Waals surface area contributed by atoms with Crippen molar-refractivity contribution in [2.75, 3.05) is 11.6 Å². The minimum atomic E-state index is -1.07. The van der Waals surface area contributed by atoms with Crippen molar-refractivity contribution >= 4 is 61.2 Å². The molecular weight excluding hydrogens is 480 g/mol. The molecule has 0 radical (unpaired) electrons. The van der Waals surface area contributed by atoms with Crippen LogP contribution in [0, 0.1) is 0 Å². The van der Waals surface area contributed by atoms with Crippen LogP contribution in [0.4, 0.5) is 5.69 Å². The van der Waals surface area contributed by atoms with E-state index < -0.39 is 12.6 Å². The molecule has 27 heavy (non-hydrogen) atoms. The zero-order valence-electron chi connectivity index (χ0n) is 14.1. The Bertz CT molecular complexity index is 948. The lowest BCUT2D eigenvalue weighted by molar-refractivity contribution is -0.139. The van der Waals surface area contributed by atoms with Crippen LogP contribution < -0.4 is 9.75 Å². The Balaban J connectivity index is 1.90. The fourth-order valence-corrected chi connectivity index (χ4v) is 3.98. The van der Waals surface area contributed by atoms with Crippen molar-refractivity contribution in [2.24, 2.45) is 5.10 Å². The molecule has 1 aliphatic heterocycles. The molecule has 0 saturated heterocycles. The van der Waals surface area contributed by atoms with Crippen molar-refractivity contribution in [2.45, 2.75) is 6.92 Å². The Kier molecular flexibility index (Phi) is 5.76. The number of nitrogens with zero attached hydrogens (tertiary/aromatic N) is 2. The number of benzene rings is 2. The first-order chi connectivity index (χ1) is 12.9. The topological polar surface area (TPSA) is 79.2 Å². The van der Waals surface area contributed by atoms with Crippen LogP contribution in [0.15, 0.2) is 62.1 Å². The van der Waals surface area contributed by atoms with Crippen molar-refractivity contribution in [1.29, 1.82) is 0 Å². The number of hydrogen-bond donors (Lipinski definition) is 1. The zero-order chi connectivity index (χ0) is 19.6. The Hall–Kier alpha value is -2.45. The minimum absolute atomic E-state index is 0.211. The molecular formula is C19H14Br2N2O4. The van der Waals surface area contributed by atoms with Crippen molar-refractivity contribution in [1.82, 2.24) is 0 Å². The van der Waals surface area contributed by atoms with Crippen molar-refractivity contribution in [3.63, 3.8) is 0 Å². The molecule has 8 heteroatoms. The normalized spacial score (nSPS) is 15.2. The molecule has 1 amide bonds. The fourth-order valence-electron chi connectivity index (χ4n) is 2.53. The zero-order valence-corrected chi connectivity index (χ0v) is 17.3. The Morgan fingerprint density at radius 2 is 1.85 bits per heavy atom. The highest BCUT2D eigenvalue weighted by atomic mass is 79.9. The van der Waals surface area contributed by atoms with Gasteiger partial charge in [-0.2, -0.15) is 10.1 Å². The van der Waals surface area contributed by atoms with Crippen LogP contribution >= 0.6 is 31.9 Å². The van der Waals surface area contributed by atoms with E-state index in [1.807, 2.05) is 30.3 Å². The number of carboxylic acid groups (broad SMARTS) is 1. The van der Waals surface area contributed by atoms with Gasteiger partial charge in [-0.3, -0.25) is 4.79 Å². The van der Waals surface area contributed by atoms with Crippen LogP contribution in [-0.4, -0.2) is 29.3 Å². The maximum atomic E-state index is 12.8. The number of carboxylic acids is 1. The second-order valence-corrected chi connectivity index (χ2v) is 7.40. The molecule has 0 aromatic heterocycles. The summed E-state index contributed by atoms with van der Waals surface area (Å²) in [5.41, 5.74) is 2.54. The molecule has 0 fully saturated rings. The number of anilines is 1. The molecule has 0 atom stereocenters. The average Bonchev–Trinajstić information content (AvgIpc) is 2.90. The van der Waals surface area contributed by atoms with Crippen molar-refractivity contribution < 1.29 is 19.4 Å². The molecule has 2 aromatic carbocycles. The SMILES string of the molecule is CC1=NN(c2ccccc2)C(=O)/C1=C/c1cc(Br)c(OCC(=O)O)c(Br)c1. The monoisotopic (exact) mass is 492 g/mol. The highest BCUT2D eigenvalue weighted by molar-refractivity contribution is 9.11. The van der Waals surface area contributed by atoms with Crippen molar-refractivity contribution in [3.05, 3.63) is 62.5 Å². The molecule has 6 nitrogen and oxygen atoms in total. The highest BCUT2D eigenvalue weighted by Crippen LogP contribution is 2.36. The second kappa shape index (κ2) is 8.06. The number of halogens is 2.